The van der Waals surface area contributed by atoms with Crippen LogP contribution in [0, 0.1) is 0 Å². The van der Waals surface area contributed by atoms with Gasteiger partial charge in [0.05, 0.1) is 17.8 Å². The minimum Gasteiger partial charge on any atom is -0.369 e. The van der Waals surface area contributed by atoms with Gasteiger partial charge >= 0.3 is 0 Å². The van der Waals surface area contributed by atoms with Crippen LogP contribution >= 0.6 is 0 Å². The summed E-state index contributed by atoms with van der Waals surface area (Å²) in [5, 5.41) is 4.02. The second-order valence-electron chi connectivity index (χ2n) is 6.34. The minimum absolute atomic E-state index is 0.199. The lowest BCUT2D eigenvalue weighted by molar-refractivity contribution is 0.0772. The highest BCUT2D eigenvalue weighted by Gasteiger charge is 2.18. The van der Waals surface area contributed by atoms with Crippen molar-refractivity contribution in [1.29, 1.82) is 0 Å². The molecule has 4 rings (SSSR count). The van der Waals surface area contributed by atoms with Crippen LogP contribution < -0.4 is 5.73 Å². The molecule has 0 spiro atoms. The van der Waals surface area contributed by atoms with E-state index in [0.717, 1.165) is 0 Å². The average Bonchev–Trinajstić information content (AvgIpc) is 3.30. The highest BCUT2D eigenvalue weighted by molar-refractivity contribution is 5.96. The molecule has 0 atom stereocenters. The number of amides is 1. The van der Waals surface area contributed by atoms with Crippen LogP contribution in [0.5, 0.6) is 0 Å². The van der Waals surface area contributed by atoms with Gasteiger partial charge in [0.2, 0.25) is 5.95 Å². The molecule has 28 heavy (non-hydrogen) atoms. The summed E-state index contributed by atoms with van der Waals surface area (Å²) in [6, 6.07) is 9.03. The second kappa shape index (κ2) is 7.10. The molecular weight excluding hydrogens is 358 g/mol. The van der Waals surface area contributed by atoms with Crippen LogP contribution in [0.15, 0.2) is 47.2 Å². The number of carbonyl (C=O) groups is 1. The topological polar surface area (TPSA) is 116 Å². The number of nitrogen functional groups attached to an aromatic ring is 1. The lowest BCUT2D eigenvalue weighted by atomic mass is 10.2. The van der Waals surface area contributed by atoms with Crippen LogP contribution in [-0.4, -0.2) is 42.5 Å². The van der Waals surface area contributed by atoms with E-state index in [2.05, 4.69) is 20.1 Å². The second-order valence-corrected chi connectivity index (χ2v) is 6.34. The highest BCUT2D eigenvalue weighted by Crippen LogP contribution is 2.20. The van der Waals surface area contributed by atoms with Gasteiger partial charge in [-0.25, -0.2) is 9.97 Å². The lowest BCUT2D eigenvalue weighted by Gasteiger charge is -2.15. The molecule has 9 nitrogen and oxygen atoms in total. The number of hydrogen-bond donors (Lipinski definition) is 1. The molecule has 0 bridgehead atoms. The summed E-state index contributed by atoms with van der Waals surface area (Å²) in [7, 11) is 1.69. The van der Waals surface area contributed by atoms with E-state index in [1.807, 2.05) is 25.1 Å². The molecule has 0 saturated heterocycles. The fourth-order valence-corrected chi connectivity index (χ4v) is 3.01. The van der Waals surface area contributed by atoms with Gasteiger partial charge in [0, 0.05) is 32.1 Å². The van der Waals surface area contributed by atoms with E-state index >= 15 is 0 Å². The van der Waals surface area contributed by atoms with Crippen LogP contribution in [0.4, 0.5) is 5.95 Å². The number of nitrogens with two attached hydrogens (primary N) is 1. The standard InChI is InChI=1S/C19H19N7O2/c1-3-26-17-16(23-19(26)20)8-12(10-22-17)18(27)25(2)11-13-9-15(24-28-13)14-6-4-5-7-21-14/h4-10H,3,11H2,1-2H3,(H2,20,23). The maximum absolute atomic E-state index is 12.8. The number of anilines is 1. The van der Waals surface area contributed by atoms with E-state index in [1.54, 1.807) is 29.9 Å². The van der Waals surface area contributed by atoms with Crippen LogP contribution in [0.2, 0.25) is 0 Å². The first-order valence-corrected chi connectivity index (χ1v) is 8.81. The van der Waals surface area contributed by atoms with Crippen molar-refractivity contribution < 1.29 is 9.32 Å². The molecule has 142 valence electrons. The molecule has 4 heterocycles. The Balaban J connectivity index is 1.52. The van der Waals surface area contributed by atoms with Crippen molar-refractivity contribution in [3.05, 3.63) is 54.0 Å². The largest absolute Gasteiger partial charge is 0.369 e. The maximum Gasteiger partial charge on any atom is 0.255 e. The molecule has 1 amide bonds. The molecule has 0 unspecified atom stereocenters. The van der Waals surface area contributed by atoms with Gasteiger partial charge in [0.1, 0.15) is 11.2 Å². The Morgan fingerprint density at radius 1 is 1.25 bits per heavy atom. The highest BCUT2D eigenvalue weighted by atomic mass is 16.5. The van der Waals surface area contributed by atoms with Crippen LogP contribution in [-0.2, 0) is 13.1 Å². The molecule has 0 aromatic carbocycles. The van der Waals surface area contributed by atoms with Gasteiger partial charge in [-0.2, -0.15) is 0 Å². The number of imidazole rings is 1. The summed E-state index contributed by atoms with van der Waals surface area (Å²) in [5.41, 5.74) is 8.92. The van der Waals surface area contributed by atoms with Gasteiger partial charge in [-0.1, -0.05) is 11.2 Å². The predicted octanol–water partition coefficient (Wildman–Crippen LogP) is 2.36. The number of aryl methyl sites for hydroxylation is 1. The van der Waals surface area contributed by atoms with E-state index in [4.69, 9.17) is 10.3 Å². The summed E-state index contributed by atoms with van der Waals surface area (Å²) in [5.74, 6) is 0.742. The summed E-state index contributed by atoms with van der Waals surface area (Å²) >= 11 is 0. The zero-order chi connectivity index (χ0) is 19.7. The lowest BCUT2D eigenvalue weighted by Crippen LogP contribution is -2.26. The van der Waals surface area contributed by atoms with E-state index in [9.17, 15) is 4.79 Å². The van der Waals surface area contributed by atoms with Crippen molar-refractivity contribution in [2.45, 2.75) is 20.0 Å². The summed E-state index contributed by atoms with van der Waals surface area (Å²) in [6.45, 7) is 2.89. The Morgan fingerprint density at radius 3 is 2.86 bits per heavy atom. The van der Waals surface area contributed by atoms with Crippen molar-refractivity contribution in [3.63, 3.8) is 0 Å². The first-order valence-electron chi connectivity index (χ1n) is 8.81. The zero-order valence-electron chi connectivity index (χ0n) is 15.5. The predicted molar refractivity (Wildman–Crippen MR) is 103 cm³/mol. The van der Waals surface area contributed by atoms with Gasteiger partial charge < -0.3 is 15.2 Å². The number of carbonyl (C=O) groups excluding carboxylic acids is 1. The van der Waals surface area contributed by atoms with Crippen molar-refractivity contribution in [2.24, 2.45) is 0 Å². The van der Waals surface area contributed by atoms with Crippen molar-refractivity contribution >= 4 is 23.0 Å². The van der Waals surface area contributed by atoms with E-state index in [1.165, 1.54) is 11.1 Å². The number of pyridine rings is 2. The third-order valence-electron chi connectivity index (χ3n) is 4.40. The van der Waals surface area contributed by atoms with Crippen LogP contribution in [0.1, 0.15) is 23.0 Å². The van der Waals surface area contributed by atoms with Gasteiger partial charge in [0.15, 0.2) is 11.4 Å². The first kappa shape index (κ1) is 17.7. The molecule has 0 fully saturated rings. The Hall–Kier alpha value is -3.75. The Bertz CT molecular complexity index is 1130. The van der Waals surface area contributed by atoms with Crippen LogP contribution in [0.25, 0.3) is 22.6 Å². The fourth-order valence-electron chi connectivity index (χ4n) is 3.01. The summed E-state index contributed by atoms with van der Waals surface area (Å²) in [6.07, 6.45) is 3.23. The quantitative estimate of drug-likeness (QED) is 0.567. The monoisotopic (exact) mass is 377 g/mol. The van der Waals surface area contributed by atoms with Crippen molar-refractivity contribution in [3.8, 4) is 11.4 Å². The molecule has 0 aliphatic carbocycles. The van der Waals surface area contributed by atoms with E-state index in [-0.39, 0.29) is 12.5 Å². The van der Waals surface area contributed by atoms with Gasteiger partial charge in [-0.3, -0.25) is 14.3 Å². The van der Waals surface area contributed by atoms with E-state index in [0.29, 0.717) is 46.4 Å². The number of fused-ring (bicyclic) bond motifs is 1. The first-order chi connectivity index (χ1) is 13.6. The number of aromatic nitrogens is 5. The van der Waals surface area contributed by atoms with Crippen molar-refractivity contribution in [2.75, 3.05) is 12.8 Å². The molecule has 0 aliphatic rings. The molecule has 0 aliphatic heterocycles. The molecule has 4 aromatic rings. The number of nitrogens with zero attached hydrogens (tertiary/aromatic N) is 6. The normalized spacial score (nSPS) is 11.1. The van der Waals surface area contributed by atoms with E-state index < -0.39 is 0 Å². The maximum atomic E-state index is 12.8. The summed E-state index contributed by atoms with van der Waals surface area (Å²) < 4.78 is 7.14. The minimum atomic E-state index is -0.199. The third-order valence-corrected chi connectivity index (χ3v) is 4.40. The SMILES string of the molecule is CCn1c(N)nc2cc(C(=O)N(C)Cc3cc(-c4ccccn4)no3)cnc21. The summed E-state index contributed by atoms with van der Waals surface area (Å²) in [4.78, 5) is 27.2. The molecule has 0 saturated carbocycles. The molecule has 9 heteroatoms. The Labute approximate surface area is 160 Å². The molecular formula is C19H19N7O2. The molecule has 0 radical (unpaired) electrons. The third kappa shape index (κ3) is 3.18. The Kier molecular flexibility index (Phi) is 4.48. The fraction of sp³-hybridized carbons (Fsp3) is 0.211. The van der Waals surface area contributed by atoms with Gasteiger partial charge in [-0.15, -0.1) is 0 Å². The molecule has 2 N–H and O–H groups in total. The van der Waals surface area contributed by atoms with Gasteiger partial charge in [0.25, 0.3) is 5.91 Å². The average molecular weight is 377 g/mol. The van der Waals surface area contributed by atoms with Gasteiger partial charge in [-0.05, 0) is 25.1 Å². The smallest absolute Gasteiger partial charge is 0.255 e. The molecule has 4 aromatic heterocycles. The zero-order valence-corrected chi connectivity index (χ0v) is 15.5. The number of hydrogen-bond acceptors (Lipinski definition) is 7. The van der Waals surface area contributed by atoms with Crippen LogP contribution in [0.3, 0.4) is 0 Å². The van der Waals surface area contributed by atoms with Crippen molar-refractivity contribution in [1.82, 2.24) is 29.6 Å². The number of rotatable bonds is 5. The Morgan fingerprint density at radius 2 is 2.11 bits per heavy atom.